The van der Waals surface area contributed by atoms with Gasteiger partial charge in [0, 0.05) is 12.2 Å². The van der Waals surface area contributed by atoms with Gasteiger partial charge in [0.05, 0.1) is 0 Å². The van der Waals surface area contributed by atoms with Crippen molar-refractivity contribution >= 4 is 33.9 Å². The number of aryl methyl sites for hydroxylation is 2. The van der Waals surface area contributed by atoms with Crippen LogP contribution in [0.4, 0.5) is 16.6 Å². The van der Waals surface area contributed by atoms with Crippen molar-refractivity contribution in [2.24, 2.45) is 0 Å². The third-order valence-electron chi connectivity index (χ3n) is 3.54. The van der Waals surface area contributed by atoms with E-state index in [-0.39, 0.29) is 11.7 Å². The van der Waals surface area contributed by atoms with Crippen LogP contribution in [0.5, 0.6) is 0 Å². The van der Waals surface area contributed by atoms with Crippen molar-refractivity contribution in [1.29, 1.82) is 0 Å². The summed E-state index contributed by atoms with van der Waals surface area (Å²) in [7, 11) is 0. The lowest BCUT2D eigenvalue weighted by molar-refractivity contribution is 0.103. The highest BCUT2D eigenvalue weighted by molar-refractivity contribution is 7.18. The van der Waals surface area contributed by atoms with Crippen LogP contribution >= 0.6 is 11.3 Å². The van der Waals surface area contributed by atoms with Crippen LogP contribution in [0.3, 0.4) is 0 Å². The van der Waals surface area contributed by atoms with Crippen LogP contribution < -0.4 is 16.4 Å². The summed E-state index contributed by atoms with van der Waals surface area (Å²) in [6.07, 6.45) is 3.42. The van der Waals surface area contributed by atoms with E-state index >= 15 is 0 Å². The van der Waals surface area contributed by atoms with Gasteiger partial charge >= 0.3 is 0 Å². The van der Waals surface area contributed by atoms with Crippen molar-refractivity contribution in [2.45, 2.75) is 26.2 Å². The number of nitrogens with zero attached hydrogens (tertiary/aromatic N) is 1. The molecule has 0 bridgehead atoms. The Morgan fingerprint density at radius 3 is 3.00 bits per heavy atom. The minimum Gasteiger partial charge on any atom is -0.382 e. The second-order valence-corrected chi connectivity index (χ2v) is 6.05. The molecule has 1 heterocycles. The first kappa shape index (κ1) is 13.9. The molecule has 0 unspecified atom stereocenters. The van der Waals surface area contributed by atoms with Gasteiger partial charge < -0.3 is 16.4 Å². The number of hydrogen-bond acceptors (Lipinski definition) is 5. The molecule has 0 fully saturated rings. The number of fused-ring (bicyclic) bond motifs is 1. The zero-order chi connectivity index (χ0) is 14.8. The SMILES string of the molecule is CCNc1nc(N)c(C(=O)Nc2ccc3c(c2)CCC3)s1. The number of carbonyl (C=O) groups is 1. The molecule has 0 radical (unpaired) electrons. The van der Waals surface area contributed by atoms with Crippen LogP contribution in [0.1, 0.15) is 34.1 Å². The lowest BCUT2D eigenvalue weighted by Gasteiger charge is -2.06. The third-order valence-corrected chi connectivity index (χ3v) is 4.57. The van der Waals surface area contributed by atoms with Crippen LogP contribution in [0.15, 0.2) is 18.2 Å². The molecule has 1 aliphatic rings. The van der Waals surface area contributed by atoms with Gasteiger partial charge in [-0.05, 0) is 49.4 Å². The molecule has 6 heteroatoms. The van der Waals surface area contributed by atoms with E-state index in [2.05, 4.69) is 27.8 Å². The molecule has 1 aromatic carbocycles. The number of hydrogen-bond donors (Lipinski definition) is 3. The number of nitrogens with two attached hydrogens (primary N) is 1. The Hall–Kier alpha value is -2.08. The maximum atomic E-state index is 12.3. The lowest BCUT2D eigenvalue weighted by Crippen LogP contribution is -2.12. The fourth-order valence-corrected chi connectivity index (χ4v) is 3.41. The van der Waals surface area contributed by atoms with Gasteiger partial charge in [0.2, 0.25) is 0 Å². The first-order chi connectivity index (χ1) is 10.2. The van der Waals surface area contributed by atoms with Crippen molar-refractivity contribution < 1.29 is 4.79 Å². The molecule has 1 aliphatic carbocycles. The van der Waals surface area contributed by atoms with E-state index in [1.165, 1.54) is 28.9 Å². The molecule has 3 rings (SSSR count). The van der Waals surface area contributed by atoms with Crippen molar-refractivity contribution in [3.63, 3.8) is 0 Å². The average Bonchev–Trinajstić information content (AvgIpc) is 3.05. The normalized spacial score (nSPS) is 13.0. The van der Waals surface area contributed by atoms with Crippen LogP contribution in [0.2, 0.25) is 0 Å². The number of nitrogens with one attached hydrogen (secondary N) is 2. The van der Waals surface area contributed by atoms with Gasteiger partial charge in [0.25, 0.3) is 5.91 Å². The van der Waals surface area contributed by atoms with Crippen molar-refractivity contribution in [3.05, 3.63) is 34.2 Å². The van der Waals surface area contributed by atoms with E-state index in [0.29, 0.717) is 10.0 Å². The molecule has 1 aromatic heterocycles. The minimum absolute atomic E-state index is 0.202. The van der Waals surface area contributed by atoms with E-state index in [0.717, 1.165) is 25.1 Å². The number of benzene rings is 1. The number of rotatable bonds is 4. The Labute approximate surface area is 127 Å². The number of aromatic nitrogens is 1. The molecule has 0 saturated heterocycles. The molecule has 2 aromatic rings. The zero-order valence-electron chi connectivity index (χ0n) is 11.9. The average molecular weight is 302 g/mol. The Morgan fingerprint density at radius 1 is 1.38 bits per heavy atom. The van der Waals surface area contributed by atoms with Crippen molar-refractivity contribution in [3.8, 4) is 0 Å². The summed E-state index contributed by atoms with van der Waals surface area (Å²) in [6.45, 7) is 2.72. The summed E-state index contributed by atoms with van der Waals surface area (Å²) in [6, 6.07) is 6.10. The number of nitrogen functional groups attached to an aromatic ring is 1. The molecule has 4 N–H and O–H groups in total. The second kappa shape index (κ2) is 5.73. The Balaban J connectivity index is 1.77. The monoisotopic (exact) mass is 302 g/mol. The van der Waals surface area contributed by atoms with Gasteiger partial charge in [-0.3, -0.25) is 4.79 Å². The van der Waals surface area contributed by atoms with E-state index in [1.54, 1.807) is 0 Å². The number of anilines is 3. The summed E-state index contributed by atoms with van der Waals surface area (Å²) in [4.78, 5) is 16.9. The maximum Gasteiger partial charge on any atom is 0.269 e. The molecule has 0 atom stereocenters. The Bertz CT molecular complexity index is 680. The highest BCUT2D eigenvalue weighted by Gasteiger charge is 2.17. The quantitative estimate of drug-likeness (QED) is 0.811. The van der Waals surface area contributed by atoms with Crippen LogP contribution in [-0.2, 0) is 12.8 Å². The fraction of sp³-hybridized carbons (Fsp3) is 0.333. The Kier molecular flexibility index (Phi) is 3.79. The second-order valence-electron chi connectivity index (χ2n) is 5.05. The van der Waals surface area contributed by atoms with Gasteiger partial charge in [-0.25, -0.2) is 4.98 Å². The van der Waals surface area contributed by atoms with E-state index in [9.17, 15) is 4.79 Å². The summed E-state index contributed by atoms with van der Waals surface area (Å²) in [5, 5.41) is 6.65. The Morgan fingerprint density at radius 2 is 2.19 bits per heavy atom. The summed E-state index contributed by atoms with van der Waals surface area (Å²) < 4.78 is 0. The molecule has 0 aliphatic heterocycles. The van der Waals surface area contributed by atoms with Gasteiger partial charge in [0.15, 0.2) is 5.13 Å². The van der Waals surface area contributed by atoms with E-state index in [1.807, 2.05) is 13.0 Å². The first-order valence-electron chi connectivity index (χ1n) is 7.10. The highest BCUT2D eigenvalue weighted by atomic mass is 32.1. The summed E-state index contributed by atoms with van der Waals surface area (Å²) >= 11 is 1.28. The predicted octanol–water partition coefficient (Wildman–Crippen LogP) is 2.90. The van der Waals surface area contributed by atoms with E-state index in [4.69, 9.17) is 5.73 Å². The lowest BCUT2D eigenvalue weighted by atomic mass is 10.1. The summed E-state index contributed by atoms with van der Waals surface area (Å²) in [5.41, 5.74) is 9.35. The molecule has 0 saturated carbocycles. The maximum absolute atomic E-state index is 12.3. The molecular formula is C15H18N4OS. The number of amides is 1. The fourth-order valence-electron chi connectivity index (χ4n) is 2.56. The molecular weight excluding hydrogens is 284 g/mol. The smallest absolute Gasteiger partial charge is 0.269 e. The van der Waals surface area contributed by atoms with Gasteiger partial charge in [-0.15, -0.1) is 0 Å². The van der Waals surface area contributed by atoms with Crippen LogP contribution in [-0.4, -0.2) is 17.4 Å². The van der Waals surface area contributed by atoms with Gasteiger partial charge in [-0.1, -0.05) is 17.4 Å². The molecule has 5 nitrogen and oxygen atoms in total. The van der Waals surface area contributed by atoms with Crippen molar-refractivity contribution in [2.75, 3.05) is 22.9 Å². The standard InChI is InChI=1S/C15H18N4OS/c1-2-17-15-19-13(16)12(21-15)14(20)18-11-7-6-9-4-3-5-10(9)8-11/h6-8H,2-5,16H2,1H3,(H,17,19)(H,18,20). The van der Waals surface area contributed by atoms with E-state index < -0.39 is 0 Å². The third kappa shape index (κ3) is 2.85. The highest BCUT2D eigenvalue weighted by Crippen LogP contribution is 2.28. The number of carbonyl (C=O) groups excluding carboxylic acids is 1. The van der Waals surface area contributed by atoms with Crippen LogP contribution in [0, 0.1) is 0 Å². The zero-order valence-corrected chi connectivity index (χ0v) is 12.7. The van der Waals surface area contributed by atoms with Crippen molar-refractivity contribution in [1.82, 2.24) is 4.98 Å². The number of thiazole rings is 1. The van der Waals surface area contributed by atoms with Gasteiger partial charge in [0.1, 0.15) is 10.7 Å². The topological polar surface area (TPSA) is 80.0 Å². The first-order valence-corrected chi connectivity index (χ1v) is 7.92. The minimum atomic E-state index is -0.202. The molecule has 21 heavy (non-hydrogen) atoms. The predicted molar refractivity (Wildman–Crippen MR) is 87.1 cm³/mol. The molecule has 110 valence electrons. The van der Waals surface area contributed by atoms with Crippen LogP contribution in [0.25, 0.3) is 0 Å². The summed E-state index contributed by atoms with van der Waals surface area (Å²) in [5.74, 6) is 0.0710. The largest absolute Gasteiger partial charge is 0.382 e. The molecule has 1 amide bonds. The van der Waals surface area contributed by atoms with Gasteiger partial charge in [-0.2, -0.15) is 0 Å². The molecule has 0 spiro atoms.